The Bertz CT molecular complexity index is 3480. The maximum atomic E-state index is 15.0. The van der Waals surface area contributed by atoms with E-state index in [4.69, 9.17) is 4.99 Å². The van der Waals surface area contributed by atoms with Crippen LogP contribution in [0.3, 0.4) is 0 Å². The highest BCUT2D eigenvalue weighted by Gasteiger charge is 2.49. The van der Waals surface area contributed by atoms with Gasteiger partial charge >= 0.3 is 0 Å². The monoisotopic (exact) mass is 1030 g/mol. The van der Waals surface area contributed by atoms with Gasteiger partial charge in [-0.05, 0) is 93.7 Å². The lowest BCUT2D eigenvalue weighted by molar-refractivity contribution is -0.109. The Morgan fingerprint density at radius 1 is 0.500 bits per heavy atom. The first kappa shape index (κ1) is 35.3. The summed E-state index contributed by atoms with van der Waals surface area (Å²) in [7, 11) is 0. The van der Waals surface area contributed by atoms with Crippen molar-refractivity contribution >= 4 is 119 Å². The summed E-state index contributed by atoms with van der Waals surface area (Å²) >= 11 is 15.0. The summed E-state index contributed by atoms with van der Waals surface area (Å²) < 4.78 is 3.79. The average Bonchev–Trinajstić information content (AvgIpc) is 3.63. The van der Waals surface area contributed by atoms with E-state index < -0.39 is 11.3 Å². The van der Waals surface area contributed by atoms with Crippen LogP contribution < -0.4 is 26.5 Å². The van der Waals surface area contributed by atoms with Crippen molar-refractivity contribution in [3.63, 3.8) is 0 Å². The molecule has 0 unspecified atom stereocenters. The summed E-state index contributed by atoms with van der Waals surface area (Å²) in [6.07, 6.45) is 0. The van der Waals surface area contributed by atoms with Crippen LogP contribution in [0.5, 0.6) is 0 Å². The summed E-state index contributed by atoms with van der Waals surface area (Å²) in [5.74, 6) is -0.282. The minimum absolute atomic E-state index is 0.0475. The van der Waals surface area contributed by atoms with Gasteiger partial charge in [0.05, 0.1) is 22.2 Å². The second kappa shape index (κ2) is 12.1. The maximum Gasteiger partial charge on any atom is 0.201 e. The van der Waals surface area contributed by atoms with E-state index in [0.717, 1.165) is 101 Å². The lowest BCUT2D eigenvalue weighted by atomic mass is 9.79. The van der Waals surface area contributed by atoms with Gasteiger partial charge in [-0.25, -0.2) is 4.99 Å². The number of halogens is 4. The van der Waals surface area contributed by atoms with Gasteiger partial charge in [0, 0.05) is 73.1 Å². The molecular weight excluding hydrogens is 1010 g/mol. The lowest BCUT2D eigenvalue weighted by Crippen LogP contribution is -2.45. The normalized spacial score (nSPS) is 17.4. The third kappa shape index (κ3) is 4.47. The number of hydrogen-bond acceptors (Lipinski definition) is 6. The highest BCUT2D eigenvalue weighted by molar-refractivity contribution is 9.11. The van der Waals surface area contributed by atoms with Crippen LogP contribution in [0, 0.1) is 0 Å². The van der Waals surface area contributed by atoms with Gasteiger partial charge in [0.15, 0.2) is 11.3 Å². The van der Waals surface area contributed by atoms with Crippen LogP contribution in [0.15, 0.2) is 162 Å². The molecule has 0 bridgehead atoms. The number of nitrogens with zero attached hydrogens (tertiary/aromatic N) is 1. The van der Waals surface area contributed by atoms with Crippen LogP contribution in [-0.2, 0) is 16.1 Å². The molecule has 0 fully saturated rings. The fourth-order valence-corrected chi connectivity index (χ4v) is 11.8. The minimum atomic E-state index is -0.993. The molecule has 6 nitrogen and oxygen atoms in total. The van der Waals surface area contributed by atoms with Gasteiger partial charge in [0.2, 0.25) is 5.78 Å². The van der Waals surface area contributed by atoms with Gasteiger partial charge < -0.3 is 21.1 Å². The topological polar surface area (TPSA) is 85.8 Å². The Morgan fingerprint density at radius 2 is 1.00 bits per heavy atom. The first-order valence-electron chi connectivity index (χ1n) is 19.4. The molecule has 60 heavy (non-hydrogen) atoms. The van der Waals surface area contributed by atoms with Crippen molar-refractivity contribution in [2.24, 2.45) is 4.99 Å². The van der Waals surface area contributed by atoms with E-state index in [9.17, 15) is 5.11 Å². The third-order valence-electron chi connectivity index (χ3n) is 12.9. The Labute approximate surface area is 376 Å². The summed E-state index contributed by atoms with van der Waals surface area (Å²) in [6.45, 7) is 0. The van der Waals surface area contributed by atoms with Crippen molar-refractivity contribution in [1.82, 2.24) is 0 Å². The predicted octanol–water partition coefficient (Wildman–Crippen LogP) is 12.4. The van der Waals surface area contributed by atoms with Crippen molar-refractivity contribution in [1.29, 1.82) is 0 Å². The van der Waals surface area contributed by atoms with Crippen molar-refractivity contribution in [3.05, 3.63) is 196 Å². The Hall–Kier alpha value is -5.52. The highest BCUT2D eigenvalue weighted by Crippen LogP contribution is 2.57. The second-order valence-corrected chi connectivity index (χ2v) is 19.6. The largest absolute Gasteiger partial charge is 0.506 e. The van der Waals surface area contributed by atoms with Crippen molar-refractivity contribution in [2.75, 3.05) is 16.0 Å². The Balaban J connectivity index is 1.06. The van der Waals surface area contributed by atoms with E-state index in [1.165, 1.54) is 0 Å². The quantitative estimate of drug-likeness (QED) is 0.132. The van der Waals surface area contributed by atoms with E-state index in [2.05, 4.69) is 177 Å². The van der Waals surface area contributed by atoms with Crippen molar-refractivity contribution in [2.45, 2.75) is 11.3 Å². The van der Waals surface area contributed by atoms with Gasteiger partial charge in [-0.1, -0.05) is 137 Å². The van der Waals surface area contributed by atoms with Crippen molar-refractivity contribution < 1.29 is 9.90 Å². The molecule has 4 N–H and O–H groups in total. The number of hydrogen-bond donors (Lipinski definition) is 4. The smallest absolute Gasteiger partial charge is 0.201 e. The standard InChI is InChI=1S/C50H26Br4N4O2/c51-25-9-15-29-30-16-10-26(52)20-36(30)49(35(29)19-25)55-39-5-1-3-23-7-13-33(45(57-49)41(23)39)43-47(59)44(48(43)60)34-14-8-24-4-2-6-40-42(24)46(34)58-50(56-40)37-21-27(53)11-17-31(37)32-18-12-28(54)22-38(32)50/h1-22,55-57,59H. The second-order valence-electron chi connectivity index (χ2n) is 15.9. The molecule has 2 spiro atoms. The van der Waals surface area contributed by atoms with Crippen LogP contribution in [0.4, 0.5) is 17.1 Å². The van der Waals surface area contributed by atoms with Crippen LogP contribution in [0.2, 0.25) is 0 Å². The van der Waals surface area contributed by atoms with Crippen LogP contribution in [0.1, 0.15) is 27.8 Å². The molecule has 2 aliphatic heterocycles. The maximum absolute atomic E-state index is 15.0. The summed E-state index contributed by atoms with van der Waals surface area (Å²) in [4.78, 5) is 20.6. The zero-order valence-electron chi connectivity index (χ0n) is 31.0. The first-order chi connectivity index (χ1) is 29.1. The molecule has 0 radical (unpaired) electrons. The third-order valence-corrected chi connectivity index (χ3v) is 14.8. The fraction of sp³-hybridized carbons (Fsp3) is 0.0400. The van der Waals surface area contributed by atoms with E-state index in [0.29, 0.717) is 16.1 Å². The van der Waals surface area contributed by atoms with Crippen molar-refractivity contribution in [3.8, 4) is 22.3 Å². The van der Waals surface area contributed by atoms with Gasteiger partial charge in [-0.3, -0.25) is 4.79 Å². The number of carbonyl (C=O) groups excluding carboxylic acids is 1. The number of benzene rings is 8. The minimum Gasteiger partial charge on any atom is -0.506 e. The molecule has 8 aromatic rings. The number of aliphatic hydroxyl groups is 1. The predicted molar refractivity (Wildman–Crippen MR) is 254 cm³/mol. The number of carbonyl (C=O) groups is 1. The van der Waals surface area contributed by atoms with Crippen LogP contribution in [-0.4, -0.2) is 10.9 Å². The van der Waals surface area contributed by atoms with E-state index in [1.54, 1.807) is 0 Å². The average molecular weight is 1030 g/mol. The number of aliphatic hydroxyl groups excluding tert-OH is 1. The Morgan fingerprint density at radius 3 is 1.58 bits per heavy atom. The fourth-order valence-electron chi connectivity index (χ4n) is 10.4. The van der Waals surface area contributed by atoms with Gasteiger partial charge in [0.1, 0.15) is 5.76 Å². The van der Waals surface area contributed by atoms with Crippen LogP contribution >= 0.6 is 63.7 Å². The molecule has 0 saturated heterocycles. The summed E-state index contributed by atoms with van der Waals surface area (Å²) in [5, 5.41) is 29.2. The molecule has 8 aromatic carbocycles. The van der Waals surface area contributed by atoms with Gasteiger partial charge in [0.25, 0.3) is 0 Å². The first-order valence-corrected chi connectivity index (χ1v) is 22.6. The number of anilines is 3. The molecule has 10 heteroatoms. The molecule has 5 aliphatic rings. The molecule has 286 valence electrons. The zero-order valence-corrected chi connectivity index (χ0v) is 37.4. The highest BCUT2D eigenvalue weighted by atomic mass is 79.9. The number of Topliss-reactive ketones (excluding diaryl/α,β-unsaturated/α-hetero) is 1. The molecule has 3 aliphatic carbocycles. The molecule has 0 amide bonds. The van der Waals surface area contributed by atoms with Gasteiger partial charge in [-0.15, -0.1) is 0 Å². The lowest BCUT2D eigenvalue weighted by Gasteiger charge is -2.41. The number of allylic oxidation sites excluding steroid dienone is 2. The van der Waals surface area contributed by atoms with E-state index in [-0.39, 0.29) is 22.7 Å². The zero-order chi connectivity index (χ0) is 40.4. The van der Waals surface area contributed by atoms with E-state index in [1.807, 2.05) is 36.4 Å². The summed E-state index contributed by atoms with van der Waals surface area (Å²) in [5.41, 5.74) is 10.4. The summed E-state index contributed by atoms with van der Waals surface area (Å²) in [6, 6.07) is 45.6. The SMILES string of the molecule is O=C1C(c2ccc3cccc4c3c2NC2(N4)c3cc(Br)ccc3-c3ccc(Br)cc32)=C(O)C1=c1ccc2cccc3c2c1=NC1(N3)c2cc(Br)ccc2-c2ccc(Br)cc21. The van der Waals surface area contributed by atoms with Gasteiger partial charge in [-0.2, -0.15) is 0 Å². The molecule has 2 heterocycles. The van der Waals surface area contributed by atoms with E-state index >= 15 is 4.79 Å². The molecule has 0 aromatic heterocycles. The number of rotatable bonds is 1. The molecule has 13 rings (SSSR count). The number of ketones is 1. The molecular formula is C50H26Br4N4O2. The Kier molecular flexibility index (Phi) is 7.09. The molecule has 0 atom stereocenters. The number of nitrogens with one attached hydrogen (secondary N) is 3. The van der Waals surface area contributed by atoms with Crippen LogP contribution in [0.25, 0.3) is 54.9 Å². The molecule has 0 saturated carbocycles. The number of fused-ring (bicyclic) bond motifs is 10.